The molecule has 4 nitrogen and oxygen atoms in total. The maximum atomic E-state index is 12.5. The first-order valence-electron chi connectivity index (χ1n) is 6.39. The molecule has 2 N–H and O–H groups in total. The zero-order valence-electron chi connectivity index (χ0n) is 11.6. The standard InChI is InChI=1S/C14H20N2O2S/c1-9-7-16(8-10(2)19-9)14(17)11-4-12(15)6-13(5-11)18-3/h4-6,9-10H,7-8,15H2,1-3H3. The molecule has 1 amide bonds. The molecule has 2 unspecified atom stereocenters. The minimum Gasteiger partial charge on any atom is -0.497 e. The number of nitrogens with zero attached hydrogens (tertiary/aromatic N) is 1. The van der Waals surface area contributed by atoms with Gasteiger partial charge in [-0.05, 0) is 12.1 Å². The highest BCUT2D eigenvalue weighted by Crippen LogP contribution is 2.27. The Bertz CT molecular complexity index is 469. The summed E-state index contributed by atoms with van der Waals surface area (Å²) in [7, 11) is 1.57. The van der Waals surface area contributed by atoms with Gasteiger partial charge in [-0.3, -0.25) is 4.79 Å². The Morgan fingerprint density at radius 2 is 1.95 bits per heavy atom. The number of benzene rings is 1. The van der Waals surface area contributed by atoms with Crippen molar-refractivity contribution in [1.29, 1.82) is 0 Å². The molecule has 104 valence electrons. The van der Waals surface area contributed by atoms with E-state index in [0.717, 1.165) is 13.1 Å². The molecular formula is C14H20N2O2S. The van der Waals surface area contributed by atoms with Crippen LogP contribution in [0.3, 0.4) is 0 Å². The minimum atomic E-state index is 0.0320. The van der Waals surface area contributed by atoms with Gasteiger partial charge in [0.25, 0.3) is 5.91 Å². The van der Waals surface area contributed by atoms with Crippen LogP contribution >= 0.6 is 11.8 Å². The highest BCUT2D eigenvalue weighted by molar-refractivity contribution is 8.00. The van der Waals surface area contributed by atoms with E-state index in [4.69, 9.17) is 10.5 Å². The lowest BCUT2D eigenvalue weighted by molar-refractivity contribution is 0.0753. The number of carbonyl (C=O) groups excluding carboxylic acids is 1. The van der Waals surface area contributed by atoms with E-state index in [1.165, 1.54) is 0 Å². The van der Waals surface area contributed by atoms with Gasteiger partial charge in [-0.2, -0.15) is 11.8 Å². The summed E-state index contributed by atoms with van der Waals surface area (Å²) in [5.74, 6) is 0.653. The van der Waals surface area contributed by atoms with Crippen LogP contribution in [0.4, 0.5) is 5.69 Å². The third-order valence-electron chi connectivity index (χ3n) is 3.12. The normalized spacial score (nSPS) is 23.2. The molecule has 1 heterocycles. The van der Waals surface area contributed by atoms with Crippen molar-refractivity contribution in [3.63, 3.8) is 0 Å². The van der Waals surface area contributed by atoms with Crippen molar-refractivity contribution in [3.05, 3.63) is 23.8 Å². The van der Waals surface area contributed by atoms with Gasteiger partial charge in [-0.1, -0.05) is 13.8 Å². The average molecular weight is 280 g/mol. The fraction of sp³-hybridized carbons (Fsp3) is 0.500. The molecule has 1 fully saturated rings. The Balaban J connectivity index is 2.21. The number of thioether (sulfide) groups is 1. The van der Waals surface area contributed by atoms with E-state index in [2.05, 4.69) is 13.8 Å². The summed E-state index contributed by atoms with van der Waals surface area (Å²) in [6.07, 6.45) is 0. The third-order valence-corrected chi connectivity index (χ3v) is 4.35. The van der Waals surface area contributed by atoms with Crippen molar-refractivity contribution in [2.45, 2.75) is 24.3 Å². The number of carbonyl (C=O) groups is 1. The summed E-state index contributed by atoms with van der Waals surface area (Å²) in [4.78, 5) is 14.4. The van der Waals surface area contributed by atoms with E-state index >= 15 is 0 Å². The topological polar surface area (TPSA) is 55.6 Å². The smallest absolute Gasteiger partial charge is 0.254 e. The van der Waals surface area contributed by atoms with Crippen molar-refractivity contribution in [1.82, 2.24) is 4.90 Å². The van der Waals surface area contributed by atoms with Crippen molar-refractivity contribution in [3.8, 4) is 5.75 Å². The summed E-state index contributed by atoms with van der Waals surface area (Å²) < 4.78 is 5.16. The van der Waals surface area contributed by atoms with Crippen LogP contribution in [0, 0.1) is 0 Å². The summed E-state index contributed by atoms with van der Waals surface area (Å²) in [6, 6.07) is 5.17. The SMILES string of the molecule is COc1cc(N)cc(C(=O)N2CC(C)SC(C)C2)c1. The number of hydrogen-bond donors (Lipinski definition) is 1. The first-order valence-corrected chi connectivity index (χ1v) is 7.33. The molecule has 1 saturated heterocycles. The van der Waals surface area contributed by atoms with E-state index < -0.39 is 0 Å². The molecule has 1 aliphatic heterocycles. The summed E-state index contributed by atoms with van der Waals surface area (Å²) >= 11 is 1.93. The van der Waals surface area contributed by atoms with Gasteiger partial charge >= 0.3 is 0 Å². The van der Waals surface area contributed by atoms with Crippen molar-refractivity contribution in [2.24, 2.45) is 0 Å². The molecule has 5 heteroatoms. The van der Waals surface area contributed by atoms with E-state index in [-0.39, 0.29) is 5.91 Å². The quantitative estimate of drug-likeness (QED) is 0.844. The summed E-state index contributed by atoms with van der Waals surface area (Å²) in [5.41, 5.74) is 6.95. The van der Waals surface area contributed by atoms with Gasteiger partial charge in [0.05, 0.1) is 7.11 Å². The molecular weight excluding hydrogens is 260 g/mol. The van der Waals surface area contributed by atoms with E-state index in [0.29, 0.717) is 27.5 Å². The molecule has 2 atom stereocenters. The van der Waals surface area contributed by atoms with Crippen LogP contribution in [-0.4, -0.2) is 41.5 Å². The zero-order chi connectivity index (χ0) is 14.0. The largest absolute Gasteiger partial charge is 0.497 e. The monoisotopic (exact) mass is 280 g/mol. The van der Waals surface area contributed by atoms with Gasteiger partial charge in [-0.25, -0.2) is 0 Å². The van der Waals surface area contributed by atoms with Gasteiger partial charge in [0.1, 0.15) is 5.75 Å². The van der Waals surface area contributed by atoms with Crippen LogP contribution in [0.5, 0.6) is 5.75 Å². The highest BCUT2D eigenvalue weighted by Gasteiger charge is 2.26. The van der Waals surface area contributed by atoms with E-state index in [1.807, 2.05) is 16.7 Å². The number of rotatable bonds is 2. The third kappa shape index (κ3) is 3.35. The lowest BCUT2D eigenvalue weighted by Gasteiger charge is -2.34. The zero-order valence-corrected chi connectivity index (χ0v) is 12.4. The Morgan fingerprint density at radius 1 is 1.32 bits per heavy atom. The predicted octanol–water partition coefficient (Wildman–Crippen LogP) is 2.24. The van der Waals surface area contributed by atoms with Crippen LogP contribution in [0.15, 0.2) is 18.2 Å². The van der Waals surface area contributed by atoms with Crippen LogP contribution in [0.2, 0.25) is 0 Å². The molecule has 1 aromatic carbocycles. The number of nitrogen functional groups attached to an aromatic ring is 1. The van der Waals surface area contributed by atoms with Crippen LogP contribution in [-0.2, 0) is 0 Å². The maximum absolute atomic E-state index is 12.5. The van der Waals surface area contributed by atoms with Crippen molar-refractivity contribution < 1.29 is 9.53 Å². The Morgan fingerprint density at radius 3 is 2.53 bits per heavy atom. The molecule has 0 aromatic heterocycles. The van der Waals surface area contributed by atoms with Gasteiger partial charge in [0.15, 0.2) is 0 Å². The second-order valence-corrected chi connectivity index (χ2v) is 6.84. The van der Waals surface area contributed by atoms with Crippen molar-refractivity contribution in [2.75, 3.05) is 25.9 Å². The Hall–Kier alpha value is -1.36. The summed E-state index contributed by atoms with van der Waals surface area (Å²) in [6.45, 7) is 5.87. The number of ether oxygens (including phenoxy) is 1. The first-order chi connectivity index (χ1) is 8.99. The van der Waals surface area contributed by atoms with Gasteiger partial charge in [-0.15, -0.1) is 0 Å². The molecule has 0 aliphatic carbocycles. The fourth-order valence-electron chi connectivity index (χ4n) is 2.39. The molecule has 1 aromatic rings. The highest BCUT2D eigenvalue weighted by atomic mass is 32.2. The number of hydrogen-bond acceptors (Lipinski definition) is 4. The fourth-order valence-corrected chi connectivity index (χ4v) is 3.71. The Labute approximate surface area is 118 Å². The molecule has 2 rings (SSSR count). The molecule has 0 bridgehead atoms. The molecule has 0 saturated carbocycles. The first kappa shape index (κ1) is 14.1. The molecule has 1 aliphatic rings. The molecule has 0 radical (unpaired) electrons. The average Bonchev–Trinajstić information content (AvgIpc) is 2.35. The van der Waals surface area contributed by atoms with Crippen LogP contribution in [0.1, 0.15) is 24.2 Å². The van der Waals surface area contributed by atoms with Crippen LogP contribution in [0.25, 0.3) is 0 Å². The predicted molar refractivity (Wildman–Crippen MR) is 79.8 cm³/mol. The molecule has 0 spiro atoms. The van der Waals surface area contributed by atoms with E-state index in [9.17, 15) is 4.79 Å². The van der Waals surface area contributed by atoms with Gasteiger partial charge in [0.2, 0.25) is 0 Å². The minimum absolute atomic E-state index is 0.0320. The number of nitrogens with two attached hydrogens (primary N) is 1. The number of methoxy groups -OCH3 is 1. The van der Waals surface area contributed by atoms with E-state index in [1.54, 1.807) is 25.3 Å². The van der Waals surface area contributed by atoms with Gasteiger partial charge < -0.3 is 15.4 Å². The Kier molecular flexibility index (Phi) is 4.24. The maximum Gasteiger partial charge on any atom is 0.254 e. The summed E-state index contributed by atoms with van der Waals surface area (Å²) in [5, 5.41) is 0.936. The van der Waals surface area contributed by atoms with Crippen LogP contribution < -0.4 is 10.5 Å². The second kappa shape index (κ2) is 5.74. The van der Waals surface area contributed by atoms with Gasteiger partial charge in [0, 0.05) is 40.9 Å². The second-order valence-electron chi connectivity index (χ2n) is 4.96. The number of anilines is 1. The lowest BCUT2D eigenvalue weighted by atomic mass is 10.1. The lowest BCUT2D eigenvalue weighted by Crippen LogP contribution is -2.44. The molecule has 19 heavy (non-hydrogen) atoms. The number of amides is 1. The van der Waals surface area contributed by atoms with Crippen molar-refractivity contribution >= 4 is 23.4 Å².